The Morgan fingerprint density at radius 3 is 2.93 bits per heavy atom. The minimum atomic E-state index is 0.460. The van der Waals surface area contributed by atoms with E-state index in [1.165, 1.54) is 0 Å². The third-order valence-electron chi connectivity index (χ3n) is 2.26. The van der Waals surface area contributed by atoms with Gasteiger partial charge < -0.3 is 4.79 Å². The molecule has 2 heteroatoms. The average Bonchev–Trinajstić information content (AvgIpc) is 2.18. The monoisotopic (exact) mass is 185 g/mol. The van der Waals surface area contributed by atoms with Crippen molar-refractivity contribution in [2.75, 3.05) is 0 Å². The van der Waals surface area contributed by atoms with E-state index in [0.29, 0.717) is 6.42 Å². The number of aldehydes is 1. The molecule has 0 spiro atoms. The van der Waals surface area contributed by atoms with Crippen LogP contribution in [0.25, 0.3) is 10.9 Å². The first kappa shape index (κ1) is 8.88. The lowest BCUT2D eigenvalue weighted by molar-refractivity contribution is -0.107. The summed E-state index contributed by atoms with van der Waals surface area (Å²) < 4.78 is 0. The Kier molecular flexibility index (Phi) is 2.27. The summed E-state index contributed by atoms with van der Waals surface area (Å²) in [6, 6.07) is 9.87. The zero-order chi connectivity index (χ0) is 9.97. The molecule has 0 bridgehead atoms. The van der Waals surface area contributed by atoms with Crippen LogP contribution in [0.1, 0.15) is 11.3 Å². The highest BCUT2D eigenvalue weighted by Gasteiger charge is 2.00. The SMILES string of the molecule is Cc1ccc2c(CC=O)cccc2n1. The van der Waals surface area contributed by atoms with Crippen molar-refractivity contribution in [1.82, 2.24) is 4.98 Å². The van der Waals surface area contributed by atoms with E-state index in [0.717, 1.165) is 28.4 Å². The second-order valence-electron chi connectivity index (χ2n) is 3.31. The van der Waals surface area contributed by atoms with E-state index in [1.807, 2.05) is 37.3 Å². The van der Waals surface area contributed by atoms with Gasteiger partial charge in [-0.2, -0.15) is 0 Å². The molecule has 2 rings (SSSR count). The van der Waals surface area contributed by atoms with E-state index in [1.54, 1.807) is 0 Å². The lowest BCUT2D eigenvalue weighted by atomic mass is 10.1. The van der Waals surface area contributed by atoms with Gasteiger partial charge in [0.05, 0.1) is 5.52 Å². The first-order chi connectivity index (χ1) is 6.81. The molecule has 14 heavy (non-hydrogen) atoms. The molecular formula is C12H11NO. The van der Waals surface area contributed by atoms with Crippen LogP contribution in [0, 0.1) is 6.92 Å². The third kappa shape index (κ3) is 1.51. The predicted octanol–water partition coefficient (Wildman–Crippen LogP) is 2.28. The lowest BCUT2D eigenvalue weighted by Crippen LogP contribution is -1.90. The zero-order valence-electron chi connectivity index (χ0n) is 8.03. The number of aryl methyl sites for hydroxylation is 1. The van der Waals surface area contributed by atoms with Crippen LogP contribution in [0.5, 0.6) is 0 Å². The number of hydrogen-bond acceptors (Lipinski definition) is 2. The maximum atomic E-state index is 10.5. The number of fused-ring (bicyclic) bond motifs is 1. The summed E-state index contributed by atoms with van der Waals surface area (Å²) in [5, 5.41) is 1.07. The van der Waals surface area contributed by atoms with Gasteiger partial charge in [0, 0.05) is 17.5 Å². The third-order valence-corrected chi connectivity index (χ3v) is 2.26. The van der Waals surface area contributed by atoms with Crippen molar-refractivity contribution >= 4 is 17.2 Å². The van der Waals surface area contributed by atoms with E-state index in [-0.39, 0.29) is 0 Å². The molecule has 0 aliphatic heterocycles. The molecule has 1 heterocycles. The second-order valence-corrected chi connectivity index (χ2v) is 3.31. The van der Waals surface area contributed by atoms with Gasteiger partial charge in [0.2, 0.25) is 0 Å². The standard InChI is InChI=1S/C12H11NO/c1-9-5-6-11-10(7-8-14)3-2-4-12(11)13-9/h2-6,8H,7H2,1H3. The van der Waals surface area contributed by atoms with Crippen LogP contribution in [-0.4, -0.2) is 11.3 Å². The Bertz CT molecular complexity index is 477. The number of benzene rings is 1. The van der Waals surface area contributed by atoms with Gasteiger partial charge in [0.1, 0.15) is 6.29 Å². The largest absolute Gasteiger partial charge is 0.303 e. The maximum absolute atomic E-state index is 10.5. The molecule has 0 aliphatic rings. The van der Waals surface area contributed by atoms with E-state index in [4.69, 9.17) is 0 Å². The van der Waals surface area contributed by atoms with Gasteiger partial charge in [0.15, 0.2) is 0 Å². The summed E-state index contributed by atoms with van der Waals surface area (Å²) in [4.78, 5) is 14.9. The fourth-order valence-electron chi connectivity index (χ4n) is 1.59. The molecule has 0 saturated heterocycles. The van der Waals surface area contributed by atoms with Crippen molar-refractivity contribution in [3.63, 3.8) is 0 Å². The van der Waals surface area contributed by atoms with Crippen LogP contribution in [0.3, 0.4) is 0 Å². The van der Waals surface area contributed by atoms with Crippen molar-refractivity contribution in [1.29, 1.82) is 0 Å². The number of nitrogens with zero attached hydrogens (tertiary/aromatic N) is 1. The maximum Gasteiger partial charge on any atom is 0.124 e. The molecule has 2 nitrogen and oxygen atoms in total. The van der Waals surface area contributed by atoms with Gasteiger partial charge in [-0.1, -0.05) is 18.2 Å². The average molecular weight is 185 g/mol. The fraction of sp³-hybridized carbons (Fsp3) is 0.167. The summed E-state index contributed by atoms with van der Waals surface area (Å²) in [5.74, 6) is 0. The highest BCUT2D eigenvalue weighted by molar-refractivity contribution is 5.84. The van der Waals surface area contributed by atoms with Crippen molar-refractivity contribution < 1.29 is 4.79 Å². The van der Waals surface area contributed by atoms with E-state index in [2.05, 4.69) is 4.98 Å². The molecule has 0 aliphatic carbocycles. The molecule has 0 saturated carbocycles. The molecule has 70 valence electrons. The molecule has 0 N–H and O–H groups in total. The van der Waals surface area contributed by atoms with Crippen LogP contribution in [0.2, 0.25) is 0 Å². The van der Waals surface area contributed by atoms with Crippen molar-refractivity contribution in [3.8, 4) is 0 Å². The molecule has 1 aromatic carbocycles. The Morgan fingerprint density at radius 1 is 1.29 bits per heavy atom. The number of hydrogen-bond donors (Lipinski definition) is 0. The number of rotatable bonds is 2. The highest BCUT2D eigenvalue weighted by atomic mass is 16.1. The summed E-state index contributed by atoms with van der Waals surface area (Å²) >= 11 is 0. The van der Waals surface area contributed by atoms with Gasteiger partial charge >= 0.3 is 0 Å². The van der Waals surface area contributed by atoms with E-state index in [9.17, 15) is 4.79 Å². The van der Waals surface area contributed by atoms with Gasteiger partial charge in [-0.25, -0.2) is 0 Å². The Balaban J connectivity index is 2.68. The number of carbonyl (C=O) groups excluding carboxylic acids is 1. The van der Waals surface area contributed by atoms with Crippen molar-refractivity contribution in [2.24, 2.45) is 0 Å². The zero-order valence-corrected chi connectivity index (χ0v) is 8.03. The number of aromatic nitrogens is 1. The number of pyridine rings is 1. The molecule has 0 fully saturated rings. The predicted molar refractivity (Wildman–Crippen MR) is 56.2 cm³/mol. The molecule has 0 atom stereocenters. The molecule has 0 unspecified atom stereocenters. The minimum Gasteiger partial charge on any atom is -0.303 e. The van der Waals surface area contributed by atoms with Gasteiger partial charge in [-0.05, 0) is 24.6 Å². The van der Waals surface area contributed by atoms with E-state index >= 15 is 0 Å². The van der Waals surface area contributed by atoms with Gasteiger partial charge in [0.25, 0.3) is 0 Å². The Hall–Kier alpha value is -1.70. The van der Waals surface area contributed by atoms with Crippen molar-refractivity contribution in [3.05, 3.63) is 41.6 Å². The first-order valence-corrected chi connectivity index (χ1v) is 4.60. The molecular weight excluding hydrogens is 174 g/mol. The summed E-state index contributed by atoms with van der Waals surface area (Å²) in [7, 11) is 0. The molecule has 1 aromatic heterocycles. The normalized spacial score (nSPS) is 10.4. The fourth-order valence-corrected chi connectivity index (χ4v) is 1.59. The van der Waals surface area contributed by atoms with Crippen LogP contribution in [0.4, 0.5) is 0 Å². The summed E-state index contributed by atoms with van der Waals surface area (Å²) in [6.45, 7) is 1.96. The highest BCUT2D eigenvalue weighted by Crippen LogP contribution is 2.17. The molecule has 2 aromatic rings. The minimum absolute atomic E-state index is 0.460. The lowest BCUT2D eigenvalue weighted by Gasteiger charge is -2.03. The first-order valence-electron chi connectivity index (χ1n) is 4.60. The van der Waals surface area contributed by atoms with Crippen LogP contribution < -0.4 is 0 Å². The topological polar surface area (TPSA) is 30.0 Å². The van der Waals surface area contributed by atoms with Gasteiger partial charge in [-0.15, -0.1) is 0 Å². The van der Waals surface area contributed by atoms with Crippen LogP contribution in [0.15, 0.2) is 30.3 Å². The quantitative estimate of drug-likeness (QED) is 0.672. The van der Waals surface area contributed by atoms with Crippen molar-refractivity contribution in [2.45, 2.75) is 13.3 Å². The summed E-state index contributed by atoms with van der Waals surface area (Å²) in [5.41, 5.74) is 3.01. The Labute approximate surface area is 82.6 Å². The smallest absolute Gasteiger partial charge is 0.124 e. The molecule has 0 radical (unpaired) electrons. The van der Waals surface area contributed by atoms with Gasteiger partial charge in [-0.3, -0.25) is 4.98 Å². The second kappa shape index (κ2) is 3.58. The van der Waals surface area contributed by atoms with E-state index < -0.39 is 0 Å². The number of carbonyl (C=O) groups is 1. The van der Waals surface area contributed by atoms with Crippen LogP contribution >= 0.6 is 0 Å². The summed E-state index contributed by atoms with van der Waals surface area (Å²) in [6.07, 6.45) is 1.39. The molecule has 0 amide bonds. The Morgan fingerprint density at radius 2 is 2.14 bits per heavy atom. The van der Waals surface area contributed by atoms with Crippen LogP contribution in [-0.2, 0) is 11.2 Å².